The molecule has 0 fully saturated rings. The molecule has 0 aromatic heterocycles. The lowest BCUT2D eigenvalue weighted by Crippen LogP contribution is -2.15. The van der Waals surface area contributed by atoms with Gasteiger partial charge >= 0.3 is 5.97 Å². The number of hydrogen-bond acceptors (Lipinski definition) is 4. The van der Waals surface area contributed by atoms with Gasteiger partial charge in [0, 0.05) is 13.0 Å². The highest BCUT2D eigenvalue weighted by atomic mass is 16.5. The van der Waals surface area contributed by atoms with Crippen molar-refractivity contribution in [2.75, 3.05) is 19.8 Å². The Kier molecular flexibility index (Phi) is 13.9. The van der Waals surface area contributed by atoms with Gasteiger partial charge in [0.1, 0.15) is 0 Å². The van der Waals surface area contributed by atoms with Crippen LogP contribution < -0.4 is 0 Å². The van der Waals surface area contributed by atoms with E-state index >= 15 is 0 Å². The molecule has 0 aromatic rings. The summed E-state index contributed by atoms with van der Waals surface area (Å²) in [6.45, 7) is 9.95. The summed E-state index contributed by atoms with van der Waals surface area (Å²) in [5, 5.41) is 0. The van der Waals surface area contributed by atoms with Crippen LogP contribution in [0.15, 0.2) is 0 Å². The van der Waals surface area contributed by atoms with Gasteiger partial charge in [0.25, 0.3) is 0 Å². The van der Waals surface area contributed by atoms with Crippen molar-refractivity contribution < 1.29 is 19.0 Å². The topological polar surface area (TPSA) is 44.8 Å². The second-order valence-corrected chi connectivity index (χ2v) is 5.79. The standard InChI is InChI=1S/C17H34O4/c1-5-6-7-8-10-16(4)21-17(18)11-9-12-19-13-14-20-15(2)3/h15-16H,5-14H2,1-4H3. The quantitative estimate of drug-likeness (QED) is 0.358. The second kappa shape index (κ2) is 14.3. The fraction of sp³-hybridized carbons (Fsp3) is 0.941. The summed E-state index contributed by atoms with van der Waals surface area (Å²) >= 11 is 0. The number of esters is 1. The lowest BCUT2D eigenvalue weighted by Gasteiger charge is -2.13. The van der Waals surface area contributed by atoms with Crippen molar-refractivity contribution in [2.24, 2.45) is 0 Å². The Balaban J connectivity index is 3.36. The molecule has 0 N–H and O–H groups in total. The van der Waals surface area contributed by atoms with Crippen LogP contribution in [-0.2, 0) is 19.0 Å². The molecule has 0 rings (SSSR count). The maximum absolute atomic E-state index is 11.6. The first-order chi connectivity index (χ1) is 10.1. The molecular weight excluding hydrogens is 268 g/mol. The molecule has 0 aliphatic carbocycles. The first kappa shape index (κ1) is 20.4. The number of hydrogen-bond donors (Lipinski definition) is 0. The summed E-state index contributed by atoms with van der Waals surface area (Å²) in [6.07, 6.45) is 7.25. The van der Waals surface area contributed by atoms with Crippen LogP contribution >= 0.6 is 0 Å². The molecule has 21 heavy (non-hydrogen) atoms. The average Bonchev–Trinajstić information content (AvgIpc) is 2.42. The van der Waals surface area contributed by atoms with Gasteiger partial charge in [-0.2, -0.15) is 0 Å². The van der Waals surface area contributed by atoms with Gasteiger partial charge in [-0.05, 0) is 40.0 Å². The smallest absolute Gasteiger partial charge is 0.306 e. The van der Waals surface area contributed by atoms with Crippen LogP contribution in [0.4, 0.5) is 0 Å². The first-order valence-electron chi connectivity index (χ1n) is 8.45. The minimum atomic E-state index is -0.111. The summed E-state index contributed by atoms with van der Waals surface area (Å²) in [5.74, 6) is -0.111. The molecule has 0 bridgehead atoms. The normalized spacial score (nSPS) is 12.6. The van der Waals surface area contributed by atoms with Crippen LogP contribution in [0.1, 0.15) is 72.6 Å². The molecule has 0 saturated carbocycles. The fourth-order valence-electron chi connectivity index (χ4n) is 1.96. The largest absolute Gasteiger partial charge is 0.463 e. The molecule has 0 aliphatic heterocycles. The van der Waals surface area contributed by atoms with Crippen molar-refractivity contribution in [2.45, 2.75) is 84.8 Å². The predicted molar refractivity (Wildman–Crippen MR) is 85.5 cm³/mol. The van der Waals surface area contributed by atoms with Gasteiger partial charge < -0.3 is 14.2 Å². The highest BCUT2D eigenvalue weighted by Crippen LogP contribution is 2.09. The SMILES string of the molecule is CCCCCCC(C)OC(=O)CCCOCCOC(C)C. The van der Waals surface area contributed by atoms with Crippen LogP contribution in [-0.4, -0.2) is 38.0 Å². The van der Waals surface area contributed by atoms with Crippen molar-refractivity contribution in [1.82, 2.24) is 0 Å². The molecular formula is C17H34O4. The first-order valence-corrected chi connectivity index (χ1v) is 8.45. The van der Waals surface area contributed by atoms with Gasteiger partial charge in [0.15, 0.2) is 0 Å². The zero-order chi connectivity index (χ0) is 15.9. The second-order valence-electron chi connectivity index (χ2n) is 5.79. The van der Waals surface area contributed by atoms with Crippen molar-refractivity contribution in [3.63, 3.8) is 0 Å². The van der Waals surface area contributed by atoms with E-state index < -0.39 is 0 Å². The Hall–Kier alpha value is -0.610. The molecule has 0 radical (unpaired) electrons. The molecule has 0 spiro atoms. The van der Waals surface area contributed by atoms with Gasteiger partial charge in [-0.1, -0.05) is 26.2 Å². The molecule has 0 amide bonds. The molecule has 4 heteroatoms. The van der Waals surface area contributed by atoms with E-state index in [1.807, 2.05) is 20.8 Å². The molecule has 0 aliphatic rings. The van der Waals surface area contributed by atoms with Crippen molar-refractivity contribution in [3.05, 3.63) is 0 Å². The lowest BCUT2D eigenvalue weighted by molar-refractivity contribution is -0.149. The van der Waals surface area contributed by atoms with E-state index in [0.29, 0.717) is 32.7 Å². The summed E-state index contributed by atoms with van der Waals surface area (Å²) in [6, 6.07) is 0. The van der Waals surface area contributed by atoms with Crippen LogP contribution in [0.5, 0.6) is 0 Å². The minimum absolute atomic E-state index is 0.0368. The summed E-state index contributed by atoms with van der Waals surface area (Å²) in [7, 11) is 0. The Morgan fingerprint density at radius 2 is 1.71 bits per heavy atom. The maximum Gasteiger partial charge on any atom is 0.306 e. The highest BCUT2D eigenvalue weighted by molar-refractivity contribution is 5.69. The molecule has 4 nitrogen and oxygen atoms in total. The van der Waals surface area contributed by atoms with Crippen LogP contribution in [0.2, 0.25) is 0 Å². The van der Waals surface area contributed by atoms with Gasteiger partial charge in [0.2, 0.25) is 0 Å². The third-order valence-electron chi connectivity index (χ3n) is 3.15. The van der Waals surface area contributed by atoms with E-state index in [1.54, 1.807) is 0 Å². The number of carbonyl (C=O) groups excluding carboxylic acids is 1. The van der Waals surface area contributed by atoms with Gasteiger partial charge in [0.05, 0.1) is 25.4 Å². The predicted octanol–water partition coefficient (Wildman–Crippen LogP) is 4.11. The molecule has 126 valence electrons. The van der Waals surface area contributed by atoms with E-state index in [4.69, 9.17) is 14.2 Å². The molecule has 0 aromatic carbocycles. The van der Waals surface area contributed by atoms with Crippen LogP contribution in [0, 0.1) is 0 Å². The zero-order valence-electron chi connectivity index (χ0n) is 14.4. The fourth-order valence-corrected chi connectivity index (χ4v) is 1.96. The van der Waals surface area contributed by atoms with E-state index in [0.717, 1.165) is 12.8 Å². The monoisotopic (exact) mass is 302 g/mol. The average molecular weight is 302 g/mol. The Bertz CT molecular complexity index is 241. The van der Waals surface area contributed by atoms with Crippen molar-refractivity contribution in [3.8, 4) is 0 Å². The summed E-state index contributed by atoms with van der Waals surface area (Å²) < 4.78 is 16.1. The number of ether oxygens (including phenoxy) is 3. The Morgan fingerprint density at radius 3 is 2.38 bits per heavy atom. The van der Waals surface area contributed by atoms with Crippen LogP contribution in [0.3, 0.4) is 0 Å². The van der Waals surface area contributed by atoms with Gasteiger partial charge in [-0.25, -0.2) is 0 Å². The lowest BCUT2D eigenvalue weighted by atomic mass is 10.1. The zero-order valence-corrected chi connectivity index (χ0v) is 14.4. The maximum atomic E-state index is 11.6. The summed E-state index contributed by atoms with van der Waals surface area (Å²) in [4.78, 5) is 11.6. The Morgan fingerprint density at radius 1 is 0.952 bits per heavy atom. The highest BCUT2D eigenvalue weighted by Gasteiger charge is 2.08. The van der Waals surface area contributed by atoms with Crippen LogP contribution in [0.25, 0.3) is 0 Å². The number of unbranched alkanes of at least 4 members (excludes halogenated alkanes) is 3. The third-order valence-corrected chi connectivity index (χ3v) is 3.15. The number of carbonyl (C=O) groups is 1. The van der Waals surface area contributed by atoms with Crippen molar-refractivity contribution in [1.29, 1.82) is 0 Å². The third kappa shape index (κ3) is 15.6. The van der Waals surface area contributed by atoms with E-state index in [-0.39, 0.29) is 18.2 Å². The van der Waals surface area contributed by atoms with Gasteiger partial charge in [-0.3, -0.25) is 4.79 Å². The Labute approximate surface area is 130 Å². The van der Waals surface area contributed by atoms with E-state index in [9.17, 15) is 4.79 Å². The molecule has 1 atom stereocenters. The van der Waals surface area contributed by atoms with Gasteiger partial charge in [-0.15, -0.1) is 0 Å². The number of rotatable bonds is 14. The summed E-state index contributed by atoms with van der Waals surface area (Å²) in [5.41, 5.74) is 0. The van der Waals surface area contributed by atoms with Crippen molar-refractivity contribution >= 4 is 5.97 Å². The molecule has 0 heterocycles. The minimum Gasteiger partial charge on any atom is -0.463 e. The van der Waals surface area contributed by atoms with E-state index in [1.165, 1.54) is 19.3 Å². The molecule has 1 unspecified atom stereocenters. The van der Waals surface area contributed by atoms with E-state index in [2.05, 4.69) is 6.92 Å². The molecule has 0 saturated heterocycles.